The van der Waals surface area contributed by atoms with Crippen molar-refractivity contribution in [3.8, 4) is 0 Å². The van der Waals surface area contributed by atoms with Crippen LogP contribution < -0.4 is 0 Å². The number of rotatable bonds is 4. The van der Waals surface area contributed by atoms with E-state index >= 15 is 0 Å². The standard InChI is InChI=1S/C17H23N3O2S/c1-13-17(19-16-8-4-3-7-15(16)18-13)11-20-9-5-6-14(10-20)12-23(2,21)22/h3-4,7-8,14H,5-6,9-12H2,1-2H3. The third kappa shape index (κ3) is 4.26. The molecule has 0 amide bonds. The van der Waals surface area contributed by atoms with Crippen LogP contribution in [0.3, 0.4) is 0 Å². The molecule has 0 N–H and O–H groups in total. The van der Waals surface area contributed by atoms with Gasteiger partial charge in [0.15, 0.2) is 0 Å². The molecule has 1 unspecified atom stereocenters. The highest BCUT2D eigenvalue weighted by Crippen LogP contribution is 2.21. The van der Waals surface area contributed by atoms with Gasteiger partial charge in [-0.25, -0.2) is 18.4 Å². The van der Waals surface area contributed by atoms with Crippen LogP contribution in [-0.4, -0.2) is 48.4 Å². The van der Waals surface area contributed by atoms with Crippen molar-refractivity contribution in [1.82, 2.24) is 14.9 Å². The lowest BCUT2D eigenvalue weighted by molar-refractivity contribution is 0.175. The minimum Gasteiger partial charge on any atom is -0.297 e. The third-order valence-electron chi connectivity index (χ3n) is 4.36. The predicted octanol–water partition coefficient (Wildman–Crippen LogP) is 2.19. The molecular weight excluding hydrogens is 310 g/mol. The topological polar surface area (TPSA) is 63.2 Å². The quantitative estimate of drug-likeness (QED) is 0.858. The normalized spacial score (nSPS) is 20.0. The number of fused-ring (bicyclic) bond motifs is 1. The Balaban J connectivity index is 1.75. The van der Waals surface area contributed by atoms with Crippen LogP contribution in [0.15, 0.2) is 24.3 Å². The number of para-hydroxylation sites is 2. The van der Waals surface area contributed by atoms with Crippen LogP contribution in [0, 0.1) is 12.8 Å². The van der Waals surface area contributed by atoms with Gasteiger partial charge in [0.2, 0.25) is 0 Å². The van der Waals surface area contributed by atoms with Gasteiger partial charge in [-0.05, 0) is 44.4 Å². The van der Waals surface area contributed by atoms with Crippen molar-refractivity contribution in [3.05, 3.63) is 35.7 Å². The number of likely N-dealkylation sites (tertiary alicyclic amines) is 1. The Bertz CT molecular complexity index is 805. The maximum atomic E-state index is 11.5. The third-order valence-corrected chi connectivity index (χ3v) is 5.43. The van der Waals surface area contributed by atoms with E-state index < -0.39 is 9.84 Å². The van der Waals surface area contributed by atoms with E-state index in [4.69, 9.17) is 4.98 Å². The molecule has 1 fully saturated rings. The SMILES string of the molecule is Cc1nc2ccccc2nc1CN1CCCC(CS(C)(=O)=O)C1. The molecule has 3 rings (SSSR count). The Hall–Kier alpha value is -1.53. The summed E-state index contributed by atoms with van der Waals surface area (Å²) in [5.41, 5.74) is 3.78. The minimum absolute atomic E-state index is 0.229. The number of hydrogen-bond acceptors (Lipinski definition) is 5. The van der Waals surface area contributed by atoms with Gasteiger partial charge < -0.3 is 0 Å². The van der Waals surface area contributed by atoms with Crippen LogP contribution in [0.1, 0.15) is 24.2 Å². The largest absolute Gasteiger partial charge is 0.297 e. The number of hydrogen-bond donors (Lipinski definition) is 0. The molecule has 6 heteroatoms. The molecule has 23 heavy (non-hydrogen) atoms. The van der Waals surface area contributed by atoms with E-state index in [1.54, 1.807) is 0 Å². The molecule has 0 aliphatic carbocycles. The van der Waals surface area contributed by atoms with Crippen LogP contribution in [0.5, 0.6) is 0 Å². The Labute approximate surface area is 137 Å². The van der Waals surface area contributed by atoms with E-state index in [0.29, 0.717) is 0 Å². The molecule has 1 aliphatic rings. The summed E-state index contributed by atoms with van der Waals surface area (Å²) in [7, 11) is -2.91. The lowest BCUT2D eigenvalue weighted by atomic mass is 10.00. The molecule has 5 nitrogen and oxygen atoms in total. The van der Waals surface area contributed by atoms with Crippen LogP contribution in [-0.2, 0) is 16.4 Å². The van der Waals surface area contributed by atoms with E-state index in [0.717, 1.165) is 54.9 Å². The van der Waals surface area contributed by atoms with Gasteiger partial charge in [0, 0.05) is 19.3 Å². The first-order valence-electron chi connectivity index (χ1n) is 8.03. The second kappa shape index (κ2) is 6.53. The number of benzene rings is 1. The summed E-state index contributed by atoms with van der Waals surface area (Å²) in [4.78, 5) is 11.7. The van der Waals surface area contributed by atoms with Gasteiger partial charge >= 0.3 is 0 Å². The zero-order valence-electron chi connectivity index (χ0n) is 13.7. The van der Waals surface area contributed by atoms with Gasteiger partial charge in [-0.3, -0.25) is 4.90 Å². The first kappa shape index (κ1) is 16.3. The number of aryl methyl sites for hydroxylation is 1. The molecule has 0 bridgehead atoms. The smallest absolute Gasteiger partial charge is 0.147 e. The summed E-state index contributed by atoms with van der Waals surface area (Å²) < 4.78 is 23.0. The van der Waals surface area contributed by atoms with Gasteiger partial charge in [0.25, 0.3) is 0 Å². The fourth-order valence-electron chi connectivity index (χ4n) is 3.35. The summed E-state index contributed by atoms with van der Waals surface area (Å²) in [5.74, 6) is 0.513. The fraction of sp³-hybridized carbons (Fsp3) is 0.529. The van der Waals surface area contributed by atoms with Crippen LogP contribution in [0.4, 0.5) is 0 Å². The Morgan fingerprint density at radius 2 is 1.91 bits per heavy atom. The second-order valence-corrected chi connectivity index (χ2v) is 8.77. The maximum absolute atomic E-state index is 11.5. The first-order chi connectivity index (χ1) is 10.9. The molecule has 124 valence electrons. The highest BCUT2D eigenvalue weighted by atomic mass is 32.2. The molecule has 1 aromatic carbocycles. The summed E-state index contributed by atoms with van der Waals surface area (Å²) in [6.45, 7) is 4.55. The lowest BCUT2D eigenvalue weighted by Gasteiger charge is -2.32. The maximum Gasteiger partial charge on any atom is 0.147 e. The van der Waals surface area contributed by atoms with Crippen molar-refractivity contribution in [3.63, 3.8) is 0 Å². The number of sulfone groups is 1. The molecule has 0 radical (unpaired) electrons. The van der Waals surface area contributed by atoms with Gasteiger partial charge in [0.05, 0.1) is 28.2 Å². The number of piperidine rings is 1. The van der Waals surface area contributed by atoms with Crippen molar-refractivity contribution in [1.29, 1.82) is 0 Å². The van der Waals surface area contributed by atoms with Crippen LogP contribution in [0.2, 0.25) is 0 Å². The molecular formula is C17H23N3O2S. The Morgan fingerprint density at radius 3 is 2.61 bits per heavy atom. The van der Waals surface area contributed by atoms with Crippen molar-refractivity contribution < 1.29 is 8.42 Å². The van der Waals surface area contributed by atoms with E-state index in [9.17, 15) is 8.42 Å². The minimum atomic E-state index is -2.91. The molecule has 2 aromatic rings. The second-order valence-electron chi connectivity index (χ2n) is 6.58. The Kier molecular flexibility index (Phi) is 4.64. The first-order valence-corrected chi connectivity index (χ1v) is 10.1. The number of aromatic nitrogens is 2. The van der Waals surface area contributed by atoms with Crippen LogP contribution >= 0.6 is 0 Å². The van der Waals surface area contributed by atoms with Crippen molar-refractivity contribution in [2.75, 3.05) is 25.1 Å². The molecule has 0 spiro atoms. The molecule has 2 heterocycles. The van der Waals surface area contributed by atoms with Crippen molar-refractivity contribution in [2.24, 2.45) is 5.92 Å². The highest BCUT2D eigenvalue weighted by Gasteiger charge is 2.24. The molecule has 1 aromatic heterocycles. The van der Waals surface area contributed by atoms with E-state index in [1.165, 1.54) is 6.26 Å². The lowest BCUT2D eigenvalue weighted by Crippen LogP contribution is -2.38. The fourth-order valence-corrected chi connectivity index (χ4v) is 4.47. The zero-order valence-corrected chi connectivity index (χ0v) is 14.5. The van der Waals surface area contributed by atoms with Gasteiger partial charge in [-0.1, -0.05) is 12.1 Å². The van der Waals surface area contributed by atoms with E-state index in [-0.39, 0.29) is 11.7 Å². The van der Waals surface area contributed by atoms with E-state index in [2.05, 4.69) is 9.88 Å². The highest BCUT2D eigenvalue weighted by molar-refractivity contribution is 7.90. The zero-order chi connectivity index (χ0) is 16.4. The van der Waals surface area contributed by atoms with Crippen molar-refractivity contribution in [2.45, 2.75) is 26.3 Å². The summed E-state index contributed by atoms with van der Waals surface area (Å²) in [6, 6.07) is 7.89. The van der Waals surface area contributed by atoms with Crippen molar-refractivity contribution >= 4 is 20.9 Å². The average molecular weight is 333 g/mol. The van der Waals surface area contributed by atoms with Gasteiger partial charge in [-0.2, -0.15) is 0 Å². The Morgan fingerprint density at radius 1 is 1.22 bits per heavy atom. The van der Waals surface area contributed by atoms with Gasteiger partial charge in [-0.15, -0.1) is 0 Å². The molecule has 0 saturated carbocycles. The molecule has 1 saturated heterocycles. The van der Waals surface area contributed by atoms with Crippen LogP contribution in [0.25, 0.3) is 11.0 Å². The van der Waals surface area contributed by atoms with Gasteiger partial charge in [0.1, 0.15) is 9.84 Å². The molecule has 1 atom stereocenters. The molecule has 1 aliphatic heterocycles. The predicted molar refractivity (Wildman–Crippen MR) is 92.0 cm³/mol. The monoisotopic (exact) mass is 333 g/mol. The van der Waals surface area contributed by atoms with E-state index in [1.807, 2.05) is 31.2 Å². The number of nitrogens with zero attached hydrogens (tertiary/aromatic N) is 3. The summed E-state index contributed by atoms with van der Waals surface area (Å²) >= 11 is 0. The summed E-state index contributed by atoms with van der Waals surface area (Å²) in [5, 5.41) is 0. The summed E-state index contributed by atoms with van der Waals surface area (Å²) in [6.07, 6.45) is 3.36. The average Bonchev–Trinajstić information content (AvgIpc) is 2.46.